The van der Waals surface area contributed by atoms with Crippen LogP contribution in [0.2, 0.25) is 5.02 Å². The van der Waals surface area contributed by atoms with Gasteiger partial charge in [0.1, 0.15) is 29.5 Å². The highest BCUT2D eigenvalue weighted by atomic mass is 35.5. The number of hydrogen-bond acceptors (Lipinski definition) is 6. The van der Waals surface area contributed by atoms with E-state index in [4.69, 9.17) is 30.2 Å². The van der Waals surface area contributed by atoms with E-state index in [1.165, 1.54) is 0 Å². The molecule has 0 N–H and O–H groups in total. The fraction of sp³-hybridized carbons (Fsp3) is 0.433. The third-order valence-electron chi connectivity index (χ3n) is 5.62. The van der Waals surface area contributed by atoms with Gasteiger partial charge in [0.05, 0.1) is 12.8 Å². The minimum Gasteiger partial charge on any atom is -0.492 e. The summed E-state index contributed by atoms with van der Waals surface area (Å²) in [7, 11) is 0. The summed E-state index contributed by atoms with van der Waals surface area (Å²) in [5.41, 5.74) is 1.36. The fourth-order valence-electron chi connectivity index (χ4n) is 3.91. The first-order valence-corrected chi connectivity index (χ1v) is 12.9. The molecule has 200 valence electrons. The quantitative estimate of drug-likeness (QED) is 0.247. The first-order valence-electron chi connectivity index (χ1n) is 12.5. The van der Waals surface area contributed by atoms with Crippen LogP contribution in [0.4, 0.5) is 0 Å². The molecule has 0 aliphatic rings. The standard InChI is InChI=1S/C30H38ClNO5/c1-21-17-23(18-22(2)27(21)36-30(6,7)28(33)37-29(3,4)5)19-32(20-26-9-8-15-34-26)14-16-35-25-12-10-24(31)11-13-25/h8-13,15,17-18H,14,16,19-20H2,1-7H3. The molecule has 0 aliphatic carbocycles. The molecule has 0 aliphatic heterocycles. The number of carbonyl (C=O) groups is 1. The molecule has 2 aromatic carbocycles. The van der Waals surface area contributed by atoms with Crippen molar-refractivity contribution in [2.45, 2.75) is 72.8 Å². The average molecular weight is 528 g/mol. The second kappa shape index (κ2) is 12.1. The molecular weight excluding hydrogens is 490 g/mol. The van der Waals surface area contributed by atoms with Crippen molar-refractivity contribution in [3.63, 3.8) is 0 Å². The molecule has 3 rings (SSSR count). The molecule has 0 amide bonds. The molecule has 0 saturated heterocycles. The highest BCUT2D eigenvalue weighted by molar-refractivity contribution is 6.30. The lowest BCUT2D eigenvalue weighted by Crippen LogP contribution is -2.43. The second-order valence-corrected chi connectivity index (χ2v) is 11.2. The predicted molar refractivity (Wildman–Crippen MR) is 146 cm³/mol. The summed E-state index contributed by atoms with van der Waals surface area (Å²) in [6.45, 7) is 15.6. The molecule has 1 heterocycles. The van der Waals surface area contributed by atoms with E-state index in [1.54, 1.807) is 20.1 Å². The zero-order valence-electron chi connectivity index (χ0n) is 22.9. The predicted octanol–water partition coefficient (Wildman–Crippen LogP) is 7.13. The van der Waals surface area contributed by atoms with Gasteiger partial charge in [0, 0.05) is 18.1 Å². The molecule has 6 nitrogen and oxygen atoms in total. The van der Waals surface area contributed by atoms with Gasteiger partial charge >= 0.3 is 5.97 Å². The Bertz CT molecular complexity index is 1140. The molecule has 0 unspecified atom stereocenters. The summed E-state index contributed by atoms with van der Waals surface area (Å²) >= 11 is 5.97. The molecule has 7 heteroatoms. The largest absolute Gasteiger partial charge is 0.492 e. The lowest BCUT2D eigenvalue weighted by molar-refractivity contribution is -0.171. The summed E-state index contributed by atoms with van der Waals surface area (Å²) in [4.78, 5) is 15.0. The highest BCUT2D eigenvalue weighted by Gasteiger charge is 2.35. The van der Waals surface area contributed by atoms with E-state index >= 15 is 0 Å². The van der Waals surface area contributed by atoms with Crippen LogP contribution in [0.25, 0.3) is 0 Å². The molecule has 0 saturated carbocycles. The minimum absolute atomic E-state index is 0.395. The van der Waals surface area contributed by atoms with Gasteiger partial charge in [0.15, 0.2) is 5.60 Å². The number of halogens is 1. The van der Waals surface area contributed by atoms with Gasteiger partial charge in [0.2, 0.25) is 0 Å². The first kappa shape index (κ1) is 28.6. The molecule has 1 aromatic heterocycles. The summed E-state index contributed by atoms with van der Waals surface area (Å²) in [6.07, 6.45) is 1.69. The molecule has 0 spiro atoms. The Labute approximate surface area is 225 Å². The smallest absolute Gasteiger partial charge is 0.350 e. The topological polar surface area (TPSA) is 61.1 Å². The van der Waals surface area contributed by atoms with E-state index in [0.29, 0.717) is 37.0 Å². The lowest BCUT2D eigenvalue weighted by Gasteiger charge is -2.30. The van der Waals surface area contributed by atoms with Crippen LogP contribution in [-0.2, 0) is 22.6 Å². The van der Waals surface area contributed by atoms with Gasteiger partial charge in [-0.05, 0) is 102 Å². The maximum absolute atomic E-state index is 12.7. The number of carbonyl (C=O) groups excluding carboxylic acids is 1. The lowest BCUT2D eigenvalue weighted by atomic mass is 10.0. The van der Waals surface area contributed by atoms with E-state index in [0.717, 1.165) is 28.2 Å². The van der Waals surface area contributed by atoms with E-state index in [2.05, 4.69) is 17.0 Å². The van der Waals surface area contributed by atoms with E-state index in [9.17, 15) is 4.79 Å². The Hall–Kier alpha value is -2.96. The zero-order chi connectivity index (χ0) is 27.2. The Morgan fingerprint density at radius 1 is 0.973 bits per heavy atom. The van der Waals surface area contributed by atoms with Crippen LogP contribution in [-0.4, -0.2) is 35.2 Å². The van der Waals surface area contributed by atoms with E-state index < -0.39 is 17.2 Å². The number of esters is 1. The summed E-state index contributed by atoms with van der Waals surface area (Å²) < 4.78 is 23.3. The van der Waals surface area contributed by atoms with Crippen molar-refractivity contribution >= 4 is 17.6 Å². The highest BCUT2D eigenvalue weighted by Crippen LogP contribution is 2.30. The molecule has 0 fully saturated rings. The van der Waals surface area contributed by atoms with Crippen LogP contribution >= 0.6 is 11.6 Å². The van der Waals surface area contributed by atoms with Crippen molar-refractivity contribution in [3.05, 3.63) is 82.3 Å². The van der Waals surface area contributed by atoms with Crippen LogP contribution in [0.15, 0.2) is 59.2 Å². The normalized spacial score (nSPS) is 12.0. The van der Waals surface area contributed by atoms with Gasteiger partial charge in [-0.2, -0.15) is 0 Å². The summed E-state index contributed by atoms with van der Waals surface area (Å²) in [5, 5.41) is 0.680. The van der Waals surface area contributed by atoms with Gasteiger partial charge in [-0.3, -0.25) is 4.90 Å². The Morgan fingerprint density at radius 3 is 2.19 bits per heavy atom. The van der Waals surface area contributed by atoms with Crippen molar-refractivity contribution in [2.75, 3.05) is 13.2 Å². The number of aryl methyl sites for hydroxylation is 2. The van der Waals surface area contributed by atoms with E-state index in [-0.39, 0.29) is 0 Å². The van der Waals surface area contributed by atoms with Crippen molar-refractivity contribution < 1.29 is 23.4 Å². The van der Waals surface area contributed by atoms with Gasteiger partial charge in [-0.25, -0.2) is 4.79 Å². The van der Waals surface area contributed by atoms with Crippen LogP contribution < -0.4 is 9.47 Å². The van der Waals surface area contributed by atoms with Gasteiger partial charge in [0.25, 0.3) is 0 Å². The molecule has 0 atom stereocenters. The minimum atomic E-state index is -1.12. The van der Waals surface area contributed by atoms with Crippen molar-refractivity contribution in [1.82, 2.24) is 4.90 Å². The second-order valence-electron chi connectivity index (χ2n) is 10.8. The zero-order valence-corrected chi connectivity index (χ0v) is 23.6. The first-order chi connectivity index (χ1) is 17.3. The van der Waals surface area contributed by atoms with Crippen LogP contribution in [0, 0.1) is 13.8 Å². The number of rotatable bonds is 11. The van der Waals surface area contributed by atoms with Crippen molar-refractivity contribution in [3.8, 4) is 11.5 Å². The molecular formula is C30H38ClNO5. The number of furan rings is 1. The SMILES string of the molecule is Cc1cc(CN(CCOc2ccc(Cl)cc2)Cc2ccco2)cc(C)c1OC(C)(C)C(=O)OC(C)(C)C. The maximum Gasteiger partial charge on any atom is 0.350 e. The summed E-state index contributed by atoms with van der Waals surface area (Å²) in [6, 6.07) is 15.4. The Balaban J connectivity index is 1.71. The molecule has 0 radical (unpaired) electrons. The third-order valence-corrected chi connectivity index (χ3v) is 5.88. The number of nitrogens with zero attached hydrogens (tertiary/aromatic N) is 1. The van der Waals surface area contributed by atoms with Gasteiger partial charge in [-0.15, -0.1) is 0 Å². The van der Waals surface area contributed by atoms with Crippen LogP contribution in [0.3, 0.4) is 0 Å². The number of hydrogen-bond donors (Lipinski definition) is 0. The molecule has 0 bridgehead atoms. The maximum atomic E-state index is 12.7. The monoisotopic (exact) mass is 527 g/mol. The molecule has 3 aromatic rings. The number of benzene rings is 2. The van der Waals surface area contributed by atoms with E-state index in [1.807, 2.05) is 71.0 Å². The number of ether oxygens (including phenoxy) is 3. The fourth-order valence-corrected chi connectivity index (χ4v) is 4.03. The van der Waals surface area contributed by atoms with Gasteiger partial charge < -0.3 is 18.6 Å². The van der Waals surface area contributed by atoms with Crippen molar-refractivity contribution in [2.24, 2.45) is 0 Å². The van der Waals surface area contributed by atoms with Crippen LogP contribution in [0.5, 0.6) is 11.5 Å². The molecule has 37 heavy (non-hydrogen) atoms. The Morgan fingerprint density at radius 2 is 1.62 bits per heavy atom. The van der Waals surface area contributed by atoms with Crippen LogP contribution in [0.1, 0.15) is 57.1 Å². The average Bonchev–Trinajstić information content (AvgIpc) is 3.29. The summed E-state index contributed by atoms with van der Waals surface area (Å²) in [5.74, 6) is 1.97. The van der Waals surface area contributed by atoms with Gasteiger partial charge in [-0.1, -0.05) is 23.7 Å². The third kappa shape index (κ3) is 8.83. The Kier molecular flexibility index (Phi) is 9.32. The van der Waals surface area contributed by atoms with Crippen molar-refractivity contribution in [1.29, 1.82) is 0 Å².